The number of hydrogen-bond acceptors (Lipinski definition) is 4. The Bertz CT molecular complexity index is 809. The summed E-state index contributed by atoms with van der Waals surface area (Å²) in [5, 5.41) is 13.9. The van der Waals surface area contributed by atoms with Crippen LogP contribution in [0.3, 0.4) is 0 Å². The fraction of sp³-hybridized carbons (Fsp3) is 0.300. The number of hydrogen-bond donors (Lipinski definition) is 2. The third-order valence-corrected chi connectivity index (χ3v) is 4.03. The molecular formula is C20H23ClN2O3. The van der Waals surface area contributed by atoms with Gasteiger partial charge < -0.3 is 9.84 Å². The largest absolute Gasteiger partial charge is 0.503 e. The topological polar surface area (TPSA) is 70.9 Å². The Balaban J connectivity index is 2.07. The fourth-order valence-corrected chi connectivity index (χ4v) is 2.50. The van der Waals surface area contributed by atoms with Crippen LogP contribution in [0.2, 0.25) is 5.02 Å². The normalized spacial score (nSPS) is 11.6. The second-order valence-corrected chi connectivity index (χ2v) is 7.22. The minimum absolute atomic E-state index is 0.0313. The Morgan fingerprint density at radius 2 is 1.92 bits per heavy atom. The molecule has 2 N–H and O–H groups in total. The molecule has 2 aromatic rings. The van der Waals surface area contributed by atoms with Gasteiger partial charge in [-0.1, -0.05) is 44.5 Å². The van der Waals surface area contributed by atoms with Crippen LogP contribution < -0.4 is 10.2 Å². The van der Waals surface area contributed by atoms with Gasteiger partial charge in [0.15, 0.2) is 11.5 Å². The van der Waals surface area contributed by atoms with Crippen LogP contribution in [0.25, 0.3) is 0 Å². The predicted octanol–water partition coefficient (Wildman–Crippen LogP) is 4.51. The van der Waals surface area contributed by atoms with E-state index in [0.29, 0.717) is 17.7 Å². The molecule has 6 heteroatoms. The van der Waals surface area contributed by atoms with Gasteiger partial charge in [0, 0.05) is 5.56 Å². The van der Waals surface area contributed by atoms with Crippen molar-refractivity contribution < 1.29 is 14.6 Å². The summed E-state index contributed by atoms with van der Waals surface area (Å²) < 4.78 is 5.31. The molecule has 0 saturated heterocycles. The number of hydrazone groups is 1. The van der Waals surface area contributed by atoms with E-state index < -0.39 is 0 Å². The van der Waals surface area contributed by atoms with Gasteiger partial charge in [0.2, 0.25) is 0 Å². The molecular weight excluding hydrogens is 352 g/mol. The van der Waals surface area contributed by atoms with Gasteiger partial charge >= 0.3 is 0 Å². The van der Waals surface area contributed by atoms with Crippen molar-refractivity contribution in [2.45, 2.75) is 33.1 Å². The number of nitrogens with zero attached hydrogens (tertiary/aromatic N) is 1. The van der Waals surface area contributed by atoms with Crippen molar-refractivity contribution in [2.24, 2.45) is 5.10 Å². The van der Waals surface area contributed by atoms with Crippen molar-refractivity contribution in [1.82, 2.24) is 5.43 Å². The zero-order valence-corrected chi connectivity index (χ0v) is 16.1. The lowest BCUT2D eigenvalue weighted by atomic mass is 9.87. The molecule has 0 aromatic heterocycles. The van der Waals surface area contributed by atoms with E-state index in [9.17, 15) is 9.90 Å². The third-order valence-electron chi connectivity index (χ3n) is 3.74. The maximum Gasteiger partial charge on any atom is 0.271 e. The minimum Gasteiger partial charge on any atom is -0.503 e. The van der Waals surface area contributed by atoms with Gasteiger partial charge in [0.1, 0.15) is 0 Å². The molecule has 0 spiro atoms. The summed E-state index contributed by atoms with van der Waals surface area (Å²) in [5.41, 5.74) is 4.78. The van der Waals surface area contributed by atoms with Crippen LogP contribution in [-0.4, -0.2) is 23.8 Å². The van der Waals surface area contributed by atoms with Crippen LogP contribution in [0.15, 0.2) is 41.5 Å². The molecule has 2 aromatic carbocycles. The molecule has 2 rings (SSSR count). The van der Waals surface area contributed by atoms with Gasteiger partial charge in [-0.2, -0.15) is 5.10 Å². The molecule has 0 aliphatic carbocycles. The zero-order valence-electron chi connectivity index (χ0n) is 15.3. The second-order valence-electron chi connectivity index (χ2n) is 6.81. The van der Waals surface area contributed by atoms with Crippen molar-refractivity contribution in [1.29, 1.82) is 0 Å². The summed E-state index contributed by atoms with van der Waals surface area (Å²) in [6.07, 6.45) is 1.44. The highest BCUT2D eigenvalue weighted by atomic mass is 35.5. The number of carbonyl (C=O) groups excluding carboxylic acids is 1. The summed E-state index contributed by atoms with van der Waals surface area (Å²) in [4.78, 5) is 12.2. The number of aromatic hydroxyl groups is 1. The number of amides is 1. The molecule has 0 aliphatic rings. The van der Waals surface area contributed by atoms with Crippen molar-refractivity contribution in [2.75, 3.05) is 6.61 Å². The highest BCUT2D eigenvalue weighted by Gasteiger charge is 2.14. The van der Waals surface area contributed by atoms with Gasteiger partial charge in [-0.05, 0) is 47.7 Å². The summed E-state index contributed by atoms with van der Waals surface area (Å²) in [6, 6.07) is 10.6. The zero-order chi connectivity index (χ0) is 19.3. The Kier molecular flexibility index (Phi) is 6.27. The van der Waals surface area contributed by atoms with E-state index >= 15 is 0 Å². The average molecular weight is 375 g/mol. The number of carbonyl (C=O) groups is 1. The fourth-order valence-electron chi connectivity index (χ4n) is 2.29. The molecule has 0 heterocycles. The van der Waals surface area contributed by atoms with E-state index in [-0.39, 0.29) is 27.8 Å². The monoisotopic (exact) mass is 374 g/mol. The lowest BCUT2D eigenvalue weighted by molar-refractivity contribution is 0.0955. The first-order chi connectivity index (χ1) is 12.2. The van der Waals surface area contributed by atoms with Crippen LogP contribution >= 0.6 is 11.6 Å². The van der Waals surface area contributed by atoms with Gasteiger partial charge in [0.25, 0.3) is 5.91 Å². The van der Waals surface area contributed by atoms with Crippen LogP contribution in [0.5, 0.6) is 11.5 Å². The Labute approximate surface area is 158 Å². The molecule has 0 aliphatic heterocycles. The molecule has 0 bridgehead atoms. The van der Waals surface area contributed by atoms with Crippen molar-refractivity contribution in [3.63, 3.8) is 0 Å². The number of nitrogens with one attached hydrogen (secondary N) is 1. The van der Waals surface area contributed by atoms with Gasteiger partial charge in [0.05, 0.1) is 17.8 Å². The molecule has 5 nitrogen and oxygen atoms in total. The number of halogens is 1. The third kappa shape index (κ3) is 4.99. The summed E-state index contributed by atoms with van der Waals surface area (Å²) in [6.45, 7) is 8.55. The van der Waals surface area contributed by atoms with Gasteiger partial charge in [-0.25, -0.2) is 5.43 Å². The first-order valence-electron chi connectivity index (χ1n) is 8.31. The summed E-state index contributed by atoms with van der Waals surface area (Å²) >= 11 is 5.96. The van der Waals surface area contributed by atoms with Gasteiger partial charge in [-0.15, -0.1) is 0 Å². The van der Waals surface area contributed by atoms with E-state index in [1.165, 1.54) is 12.3 Å². The minimum atomic E-state index is -0.309. The molecule has 0 saturated carbocycles. The Hall–Kier alpha value is -2.53. The van der Waals surface area contributed by atoms with E-state index in [2.05, 4.69) is 31.3 Å². The maximum absolute atomic E-state index is 12.2. The molecule has 26 heavy (non-hydrogen) atoms. The number of benzene rings is 2. The number of phenolic OH excluding ortho intramolecular Hbond substituents is 1. The van der Waals surface area contributed by atoms with E-state index in [1.807, 2.05) is 12.1 Å². The number of phenols is 1. The van der Waals surface area contributed by atoms with Crippen LogP contribution in [0.1, 0.15) is 49.2 Å². The Morgan fingerprint density at radius 3 is 2.50 bits per heavy atom. The molecule has 138 valence electrons. The van der Waals surface area contributed by atoms with Crippen molar-refractivity contribution in [3.05, 3.63) is 58.1 Å². The molecule has 1 amide bonds. The highest BCUT2D eigenvalue weighted by molar-refractivity contribution is 6.32. The molecule has 0 unspecified atom stereocenters. The van der Waals surface area contributed by atoms with Crippen LogP contribution in [0, 0.1) is 0 Å². The quantitative estimate of drug-likeness (QED) is 0.597. The lowest BCUT2D eigenvalue weighted by Gasteiger charge is -2.18. The van der Waals surface area contributed by atoms with E-state index in [0.717, 1.165) is 5.56 Å². The summed E-state index contributed by atoms with van der Waals surface area (Å²) in [5.74, 6) is -0.157. The number of rotatable bonds is 5. The SMILES string of the molecule is CCOc1cc(/C=N/NC(=O)c2ccc(C(C)(C)C)cc2)cc(Cl)c1O. The maximum atomic E-state index is 12.2. The highest BCUT2D eigenvalue weighted by Crippen LogP contribution is 2.34. The first kappa shape index (κ1) is 19.8. The van der Waals surface area contributed by atoms with E-state index in [4.69, 9.17) is 16.3 Å². The molecule has 0 atom stereocenters. The lowest BCUT2D eigenvalue weighted by Crippen LogP contribution is -2.18. The van der Waals surface area contributed by atoms with Crippen LogP contribution in [-0.2, 0) is 5.41 Å². The molecule has 0 radical (unpaired) electrons. The van der Waals surface area contributed by atoms with Crippen molar-refractivity contribution >= 4 is 23.7 Å². The molecule has 0 fully saturated rings. The van der Waals surface area contributed by atoms with Crippen molar-refractivity contribution in [3.8, 4) is 11.5 Å². The van der Waals surface area contributed by atoms with E-state index in [1.54, 1.807) is 25.1 Å². The average Bonchev–Trinajstić information content (AvgIpc) is 2.58. The number of ether oxygens (including phenoxy) is 1. The summed E-state index contributed by atoms with van der Waals surface area (Å²) in [7, 11) is 0. The van der Waals surface area contributed by atoms with Gasteiger partial charge in [-0.3, -0.25) is 4.79 Å². The standard InChI is InChI=1S/C20H23ClN2O3/c1-5-26-17-11-13(10-16(21)18(17)24)12-22-23-19(25)14-6-8-15(9-7-14)20(2,3)4/h6-12,24H,5H2,1-4H3,(H,23,25)/b22-12+. The Morgan fingerprint density at radius 1 is 1.27 bits per heavy atom. The predicted molar refractivity (Wildman–Crippen MR) is 104 cm³/mol. The smallest absolute Gasteiger partial charge is 0.271 e. The van der Waals surface area contributed by atoms with Crippen LogP contribution in [0.4, 0.5) is 0 Å². The second kappa shape index (κ2) is 8.23. The first-order valence-corrected chi connectivity index (χ1v) is 8.69.